The average Bonchev–Trinajstić information content (AvgIpc) is 2.89. The number of likely N-dealkylation sites (tertiary alicyclic amines) is 1. The molecule has 1 fully saturated rings. The number of rotatable bonds is 3. The minimum absolute atomic E-state index is 0.636. The van der Waals surface area contributed by atoms with Crippen LogP contribution in [-0.2, 0) is 6.54 Å². The normalized spacial score (nSPS) is 19.7. The number of hydrogen-bond donors (Lipinski definition) is 1. The van der Waals surface area contributed by atoms with E-state index in [4.69, 9.17) is 5.73 Å². The molecule has 3 rings (SSSR count). The van der Waals surface area contributed by atoms with E-state index in [0.29, 0.717) is 5.92 Å². The quantitative estimate of drug-likeness (QED) is 0.855. The molecule has 19 heavy (non-hydrogen) atoms. The molecule has 2 aromatic rings. The van der Waals surface area contributed by atoms with Crippen LogP contribution in [0.4, 0.5) is 5.69 Å². The summed E-state index contributed by atoms with van der Waals surface area (Å²) < 4.78 is 0. The van der Waals surface area contributed by atoms with Gasteiger partial charge in [0.05, 0.1) is 0 Å². The standard InChI is InChI=1S/C16H19N3/c17-16-5-3-14(4-6-16)15-7-9-19(12-15)11-13-2-1-8-18-10-13/h1-6,8,10,15H,7,9,11-12,17H2. The largest absolute Gasteiger partial charge is 0.399 e. The molecular weight excluding hydrogens is 234 g/mol. The molecule has 0 amide bonds. The fourth-order valence-electron chi connectivity index (χ4n) is 2.77. The molecule has 0 radical (unpaired) electrons. The maximum Gasteiger partial charge on any atom is 0.0314 e. The van der Waals surface area contributed by atoms with Crippen LogP contribution in [0.5, 0.6) is 0 Å². The number of anilines is 1. The Bertz CT molecular complexity index is 521. The Labute approximate surface area is 114 Å². The third kappa shape index (κ3) is 2.93. The molecule has 1 atom stereocenters. The molecule has 0 aliphatic carbocycles. The van der Waals surface area contributed by atoms with Crippen molar-refractivity contribution in [2.24, 2.45) is 0 Å². The Hall–Kier alpha value is -1.87. The number of benzene rings is 1. The Morgan fingerprint density at radius 1 is 1.21 bits per heavy atom. The van der Waals surface area contributed by atoms with Gasteiger partial charge in [-0.1, -0.05) is 18.2 Å². The van der Waals surface area contributed by atoms with Gasteiger partial charge in [0.15, 0.2) is 0 Å². The zero-order valence-corrected chi connectivity index (χ0v) is 11.0. The highest BCUT2D eigenvalue weighted by Gasteiger charge is 2.23. The number of aromatic nitrogens is 1. The first kappa shape index (κ1) is 12.2. The van der Waals surface area contributed by atoms with Gasteiger partial charge in [0.2, 0.25) is 0 Å². The summed E-state index contributed by atoms with van der Waals surface area (Å²) in [4.78, 5) is 6.67. The van der Waals surface area contributed by atoms with Gasteiger partial charge < -0.3 is 5.73 Å². The molecule has 0 bridgehead atoms. The monoisotopic (exact) mass is 253 g/mol. The van der Waals surface area contributed by atoms with Crippen molar-refractivity contribution in [1.29, 1.82) is 0 Å². The Balaban J connectivity index is 1.62. The lowest BCUT2D eigenvalue weighted by Gasteiger charge is -2.16. The molecule has 0 saturated carbocycles. The second-order valence-corrected chi connectivity index (χ2v) is 5.25. The van der Waals surface area contributed by atoms with Crippen molar-refractivity contribution in [3.05, 3.63) is 59.9 Å². The van der Waals surface area contributed by atoms with Crippen molar-refractivity contribution >= 4 is 5.69 Å². The summed E-state index contributed by atoms with van der Waals surface area (Å²) in [6, 6.07) is 12.5. The van der Waals surface area contributed by atoms with Gasteiger partial charge in [-0.3, -0.25) is 9.88 Å². The molecule has 1 saturated heterocycles. The number of hydrogen-bond acceptors (Lipinski definition) is 3. The van der Waals surface area contributed by atoms with E-state index in [0.717, 1.165) is 25.3 Å². The third-order valence-electron chi connectivity index (χ3n) is 3.81. The van der Waals surface area contributed by atoms with E-state index >= 15 is 0 Å². The highest BCUT2D eigenvalue weighted by atomic mass is 15.1. The van der Waals surface area contributed by atoms with E-state index in [1.807, 2.05) is 30.6 Å². The summed E-state index contributed by atoms with van der Waals surface area (Å²) in [5, 5.41) is 0. The van der Waals surface area contributed by atoms with Crippen LogP contribution >= 0.6 is 0 Å². The fourth-order valence-corrected chi connectivity index (χ4v) is 2.77. The zero-order chi connectivity index (χ0) is 13.1. The van der Waals surface area contributed by atoms with Crippen molar-refractivity contribution in [2.45, 2.75) is 18.9 Å². The van der Waals surface area contributed by atoms with Gasteiger partial charge in [0.1, 0.15) is 0 Å². The van der Waals surface area contributed by atoms with Crippen LogP contribution in [0.25, 0.3) is 0 Å². The predicted octanol–water partition coefficient (Wildman–Crippen LogP) is 2.65. The molecule has 1 aliphatic rings. The minimum atomic E-state index is 0.636. The minimum Gasteiger partial charge on any atom is -0.399 e. The lowest BCUT2D eigenvalue weighted by molar-refractivity contribution is 0.326. The fraction of sp³-hybridized carbons (Fsp3) is 0.312. The molecule has 1 aliphatic heterocycles. The van der Waals surface area contributed by atoms with Gasteiger partial charge in [0, 0.05) is 31.2 Å². The molecule has 1 aromatic heterocycles. The smallest absolute Gasteiger partial charge is 0.0314 e. The Kier molecular flexibility index (Phi) is 3.47. The van der Waals surface area contributed by atoms with E-state index in [-0.39, 0.29) is 0 Å². The van der Waals surface area contributed by atoms with Crippen LogP contribution in [0.15, 0.2) is 48.8 Å². The number of pyridine rings is 1. The lowest BCUT2D eigenvalue weighted by atomic mass is 9.98. The summed E-state index contributed by atoms with van der Waals surface area (Å²) in [6.45, 7) is 3.28. The summed E-state index contributed by atoms with van der Waals surface area (Å²) in [6.07, 6.45) is 5.01. The predicted molar refractivity (Wildman–Crippen MR) is 77.7 cm³/mol. The SMILES string of the molecule is Nc1ccc(C2CCN(Cc3cccnc3)C2)cc1. The van der Waals surface area contributed by atoms with E-state index in [1.165, 1.54) is 17.5 Å². The highest BCUT2D eigenvalue weighted by molar-refractivity contribution is 5.40. The summed E-state index contributed by atoms with van der Waals surface area (Å²) >= 11 is 0. The molecule has 0 spiro atoms. The van der Waals surface area contributed by atoms with Crippen molar-refractivity contribution < 1.29 is 0 Å². The Morgan fingerprint density at radius 2 is 2.05 bits per heavy atom. The van der Waals surface area contributed by atoms with Crippen LogP contribution in [-0.4, -0.2) is 23.0 Å². The molecule has 2 heterocycles. The average molecular weight is 253 g/mol. The first-order chi connectivity index (χ1) is 9.31. The first-order valence-electron chi connectivity index (χ1n) is 6.78. The number of nitrogen functional groups attached to an aromatic ring is 1. The summed E-state index contributed by atoms with van der Waals surface area (Å²) in [5.74, 6) is 0.636. The number of nitrogens with two attached hydrogens (primary N) is 1. The van der Waals surface area contributed by atoms with Gasteiger partial charge in [0.25, 0.3) is 0 Å². The van der Waals surface area contributed by atoms with Crippen LogP contribution in [0.3, 0.4) is 0 Å². The van der Waals surface area contributed by atoms with E-state index in [1.54, 1.807) is 0 Å². The van der Waals surface area contributed by atoms with Gasteiger partial charge >= 0.3 is 0 Å². The van der Waals surface area contributed by atoms with Crippen LogP contribution in [0, 0.1) is 0 Å². The van der Waals surface area contributed by atoms with Crippen LogP contribution in [0.1, 0.15) is 23.5 Å². The van der Waals surface area contributed by atoms with Crippen LogP contribution < -0.4 is 5.73 Å². The summed E-state index contributed by atoms with van der Waals surface area (Å²) in [5.41, 5.74) is 9.28. The summed E-state index contributed by atoms with van der Waals surface area (Å²) in [7, 11) is 0. The molecule has 98 valence electrons. The van der Waals surface area contributed by atoms with E-state index in [2.05, 4.69) is 28.1 Å². The van der Waals surface area contributed by atoms with Gasteiger partial charge in [-0.15, -0.1) is 0 Å². The molecular formula is C16H19N3. The van der Waals surface area contributed by atoms with E-state index < -0.39 is 0 Å². The highest BCUT2D eigenvalue weighted by Crippen LogP contribution is 2.28. The molecule has 3 nitrogen and oxygen atoms in total. The van der Waals surface area contributed by atoms with Crippen molar-refractivity contribution in [2.75, 3.05) is 18.8 Å². The third-order valence-corrected chi connectivity index (χ3v) is 3.81. The first-order valence-corrected chi connectivity index (χ1v) is 6.78. The van der Waals surface area contributed by atoms with E-state index in [9.17, 15) is 0 Å². The van der Waals surface area contributed by atoms with Crippen molar-refractivity contribution in [1.82, 2.24) is 9.88 Å². The van der Waals surface area contributed by atoms with Crippen molar-refractivity contribution in [3.63, 3.8) is 0 Å². The topological polar surface area (TPSA) is 42.1 Å². The molecule has 3 heteroatoms. The molecule has 1 unspecified atom stereocenters. The molecule has 2 N–H and O–H groups in total. The number of nitrogens with zero attached hydrogens (tertiary/aromatic N) is 2. The molecule has 1 aromatic carbocycles. The second kappa shape index (κ2) is 5.41. The Morgan fingerprint density at radius 3 is 2.79 bits per heavy atom. The van der Waals surface area contributed by atoms with Crippen molar-refractivity contribution in [3.8, 4) is 0 Å². The van der Waals surface area contributed by atoms with Crippen LogP contribution in [0.2, 0.25) is 0 Å². The lowest BCUT2D eigenvalue weighted by Crippen LogP contribution is -2.19. The second-order valence-electron chi connectivity index (χ2n) is 5.25. The van der Waals surface area contributed by atoms with Gasteiger partial charge in [-0.25, -0.2) is 0 Å². The maximum atomic E-state index is 5.74. The van der Waals surface area contributed by atoms with Gasteiger partial charge in [-0.2, -0.15) is 0 Å². The maximum absolute atomic E-state index is 5.74. The zero-order valence-electron chi connectivity index (χ0n) is 11.0. The van der Waals surface area contributed by atoms with Gasteiger partial charge in [-0.05, 0) is 48.2 Å².